The van der Waals surface area contributed by atoms with E-state index in [0.29, 0.717) is 5.54 Å². The van der Waals surface area contributed by atoms with Crippen LogP contribution in [0.4, 0.5) is 0 Å². The van der Waals surface area contributed by atoms with Gasteiger partial charge in [-0.25, -0.2) is 0 Å². The van der Waals surface area contributed by atoms with E-state index in [1.165, 1.54) is 25.8 Å². The van der Waals surface area contributed by atoms with Crippen molar-refractivity contribution in [3.8, 4) is 0 Å². The van der Waals surface area contributed by atoms with Crippen LogP contribution in [0.15, 0.2) is 0 Å². The Morgan fingerprint density at radius 3 is 2.31 bits per heavy atom. The maximum absolute atomic E-state index is 4.43. The van der Waals surface area contributed by atoms with Gasteiger partial charge in [-0.05, 0) is 26.4 Å². The summed E-state index contributed by atoms with van der Waals surface area (Å²) in [5.41, 5.74) is 0.514. The van der Waals surface area contributed by atoms with E-state index in [1.807, 2.05) is 13.8 Å². The minimum absolute atomic E-state index is 0. The zero-order chi connectivity index (χ0) is 9.03. The smallest absolute Gasteiger partial charge is 0.661 e. The van der Waals surface area contributed by atoms with E-state index in [0.717, 1.165) is 13.1 Å². The molecule has 2 fully saturated rings. The van der Waals surface area contributed by atoms with Gasteiger partial charge in [0, 0.05) is 5.54 Å². The maximum atomic E-state index is 4.43. The number of hydrogen-bond donors (Lipinski definition) is 0. The molecule has 13 heavy (non-hydrogen) atoms. The SMILES string of the molecule is CC.CN1CCCC12CC[N-]C2.[K+]. The molecule has 3 heteroatoms. The number of rotatable bonds is 0. The van der Waals surface area contributed by atoms with Crippen molar-refractivity contribution < 1.29 is 51.4 Å². The molecule has 72 valence electrons. The summed E-state index contributed by atoms with van der Waals surface area (Å²) >= 11 is 0. The second-order valence-corrected chi connectivity index (χ2v) is 3.60. The van der Waals surface area contributed by atoms with Gasteiger partial charge < -0.3 is 10.2 Å². The predicted octanol–water partition coefficient (Wildman–Crippen LogP) is -0.742. The average Bonchev–Trinajstić information content (AvgIpc) is 2.70. The van der Waals surface area contributed by atoms with E-state index >= 15 is 0 Å². The Labute approximate surface area is 125 Å². The van der Waals surface area contributed by atoms with Gasteiger partial charge in [0.15, 0.2) is 0 Å². The van der Waals surface area contributed by atoms with Crippen molar-refractivity contribution in [2.75, 3.05) is 26.7 Å². The molecule has 0 aromatic carbocycles. The van der Waals surface area contributed by atoms with E-state index in [2.05, 4.69) is 17.3 Å². The standard InChI is InChI=1S/C8H15N2.C2H6.K/c1-10-6-2-3-8(10)4-5-9-7-8;1-2;/h2-7H2,1H3;1-2H3;/q-1;;+1. The van der Waals surface area contributed by atoms with Gasteiger partial charge in [0.25, 0.3) is 0 Å². The molecule has 0 bridgehead atoms. The van der Waals surface area contributed by atoms with E-state index in [1.54, 1.807) is 0 Å². The third kappa shape index (κ3) is 3.26. The summed E-state index contributed by atoms with van der Waals surface area (Å²) in [5.74, 6) is 0. The minimum atomic E-state index is 0. The molecular formula is C10H21KN2. The molecule has 1 atom stereocenters. The minimum Gasteiger partial charge on any atom is -0.661 e. The molecule has 1 unspecified atom stereocenters. The zero-order valence-corrected chi connectivity index (χ0v) is 12.8. The van der Waals surface area contributed by atoms with Crippen molar-refractivity contribution in [3.63, 3.8) is 0 Å². The Morgan fingerprint density at radius 1 is 1.23 bits per heavy atom. The first kappa shape index (κ1) is 14.6. The molecule has 0 radical (unpaired) electrons. The number of likely N-dealkylation sites (tertiary alicyclic amines) is 1. The maximum Gasteiger partial charge on any atom is 1.00 e. The Bertz CT molecular complexity index is 127. The summed E-state index contributed by atoms with van der Waals surface area (Å²) in [4.78, 5) is 2.50. The van der Waals surface area contributed by atoms with Crippen molar-refractivity contribution in [2.45, 2.75) is 38.6 Å². The molecule has 0 aromatic heterocycles. The van der Waals surface area contributed by atoms with Crippen LogP contribution in [0.1, 0.15) is 33.1 Å². The fourth-order valence-electron chi connectivity index (χ4n) is 2.24. The first-order chi connectivity index (χ1) is 5.83. The molecule has 2 saturated heterocycles. The van der Waals surface area contributed by atoms with E-state index in [-0.39, 0.29) is 51.4 Å². The fraction of sp³-hybridized carbons (Fsp3) is 1.00. The molecule has 1 spiro atoms. The van der Waals surface area contributed by atoms with Crippen LogP contribution in [0, 0.1) is 0 Å². The third-order valence-corrected chi connectivity index (χ3v) is 3.09. The van der Waals surface area contributed by atoms with Crippen molar-refractivity contribution >= 4 is 0 Å². The van der Waals surface area contributed by atoms with Crippen LogP contribution in [-0.4, -0.2) is 37.1 Å². The number of nitrogens with zero attached hydrogens (tertiary/aromatic N) is 2. The van der Waals surface area contributed by atoms with Gasteiger partial charge in [-0.1, -0.05) is 20.3 Å². The number of likely N-dealkylation sites (N-methyl/N-ethyl adjacent to an activating group) is 1. The van der Waals surface area contributed by atoms with Gasteiger partial charge in [0.2, 0.25) is 0 Å². The molecule has 2 aliphatic rings. The Balaban J connectivity index is 0.000000451. The summed E-state index contributed by atoms with van der Waals surface area (Å²) in [5, 5.41) is 4.43. The second-order valence-electron chi connectivity index (χ2n) is 3.60. The summed E-state index contributed by atoms with van der Waals surface area (Å²) in [7, 11) is 2.24. The van der Waals surface area contributed by atoms with Gasteiger partial charge in [-0.2, -0.15) is 0 Å². The van der Waals surface area contributed by atoms with Crippen molar-refractivity contribution in [3.05, 3.63) is 5.32 Å². The molecule has 2 rings (SSSR count). The quantitative estimate of drug-likeness (QED) is 0.479. The summed E-state index contributed by atoms with van der Waals surface area (Å²) in [6.45, 7) is 7.49. The molecule has 0 amide bonds. The van der Waals surface area contributed by atoms with E-state index in [9.17, 15) is 0 Å². The molecule has 0 aromatic rings. The normalized spacial score (nSPS) is 32.5. The van der Waals surface area contributed by atoms with Crippen molar-refractivity contribution in [2.24, 2.45) is 0 Å². The Morgan fingerprint density at radius 2 is 1.92 bits per heavy atom. The van der Waals surface area contributed by atoms with Crippen LogP contribution >= 0.6 is 0 Å². The molecule has 2 nitrogen and oxygen atoms in total. The second kappa shape index (κ2) is 6.93. The fourth-order valence-corrected chi connectivity index (χ4v) is 2.24. The van der Waals surface area contributed by atoms with Crippen LogP contribution in [0.2, 0.25) is 0 Å². The predicted molar refractivity (Wildman–Crippen MR) is 53.7 cm³/mol. The van der Waals surface area contributed by atoms with Crippen LogP contribution in [0.3, 0.4) is 0 Å². The van der Waals surface area contributed by atoms with E-state index < -0.39 is 0 Å². The first-order valence-electron chi connectivity index (χ1n) is 5.18. The van der Waals surface area contributed by atoms with Gasteiger partial charge >= 0.3 is 51.4 Å². The number of hydrogen-bond acceptors (Lipinski definition) is 1. The third-order valence-electron chi connectivity index (χ3n) is 3.09. The van der Waals surface area contributed by atoms with Crippen LogP contribution in [0.25, 0.3) is 5.32 Å². The molecule has 0 aliphatic carbocycles. The summed E-state index contributed by atoms with van der Waals surface area (Å²) in [6.07, 6.45) is 4.07. The van der Waals surface area contributed by atoms with Crippen molar-refractivity contribution in [1.29, 1.82) is 0 Å². The average molecular weight is 208 g/mol. The molecule has 2 aliphatic heterocycles. The largest absolute Gasteiger partial charge is 1.00 e. The van der Waals surface area contributed by atoms with Crippen molar-refractivity contribution in [1.82, 2.24) is 4.90 Å². The van der Waals surface area contributed by atoms with Crippen LogP contribution in [-0.2, 0) is 0 Å². The first-order valence-corrected chi connectivity index (χ1v) is 5.18. The van der Waals surface area contributed by atoms with Gasteiger partial charge in [0.1, 0.15) is 0 Å². The van der Waals surface area contributed by atoms with Gasteiger partial charge in [-0.3, -0.25) is 0 Å². The van der Waals surface area contributed by atoms with Gasteiger partial charge in [0.05, 0.1) is 0 Å². The molecule has 0 N–H and O–H groups in total. The van der Waals surface area contributed by atoms with Gasteiger partial charge in [-0.15, -0.1) is 13.1 Å². The van der Waals surface area contributed by atoms with Crippen LogP contribution < -0.4 is 51.4 Å². The molecular weight excluding hydrogens is 187 g/mol. The Hall–Kier alpha value is 1.56. The zero-order valence-electron chi connectivity index (χ0n) is 9.64. The van der Waals surface area contributed by atoms with E-state index in [4.69, 9.17) is 0 Å². The monoisotopic (exact) mass is 208 g/mol. The molecule has 0 saturated carbocycles. The summed E-state index contributed by atoms with van der Waals surface area (Å²) in [6, 6.07) is 0. The summed E-state index contributed by atoms with van der Waals surface area (Å²) < 4.78 is 0. The topological polar surface area (TPSA) is 17.3 Å². The molecule has 2 heterocycles. The van der Waals surface area contributed by atoms with Crippen LogP contribution in [0.5, 0.6) is 0 Å². The Kier molecular flexibility index (Phi) is 7.76.